The number of thiophene rings is 1. The van der Waals surface area contributed by atoms with E-state index in [1.54, 1.807) is 46.6 Å². The number of hydrogen-bond acceptors (Lipinski definition) is 3. The number of alkyl halides is 3. The summed E-state index contributed by atoms with van der Waals surface area (Å²) in [6.45, 7) is 4.93. The fourth-order valence-electron chi connectivity index (χ4n) is 2.94. The fraction of sp³-hybridized carbons (Fsp3) is 0.200. The summed E-state index contributed by atoms with van der Waals surface area (Å²) < 4.78 is 38.3. The normalized spacial score (nSPS) is 13.3. The predicted octanol–water partition coefficient (Wildman–Crippen LogP) is 5.57. The summed E-state index contributed by atoms with van der Waals surface area (Å²) in [4.78, 5) is 14.4. The summed E-state index contributed by atoms with van der Waals surface area (Å²) >= 11 is 7.47. The second-order valence-electron chi connectivity index (χ2n) is 6.24. The molecule has 3 heterocycles. The molecule has 1 amide bonds. The molecule has 0 atom stereocenters. The Hall–Kier alpha value is -2.58. The van der Waals surface area contributed by atoms with Crippen LogP contribution in [0.5, 0.6) is 0 Å². The monoisotopic (exact) mass is 439 g/mol. The SMILES string of the molecule is C=CC(=O)N1CCc2cc(Cl)sc2C1.FC(F)(F)c1[nH]ncc1-c1ccccc1. The summed E-state index contributed by atoms with van der Waals surface area (Å²) in [5.74, 6) is 0.000160. The molecule has 1 N–H and O–H groups in total. The molecule has 0 saturated heterocycles. The van der Waals surface area contributed by atoms with Crippen molar-refractivity contribution in [3.63, 3.8) is 0 Å². The van der Waals surface area contributed by atoms with E-state index >= 15 is 0 Å². The van der Waals surface area contributed by atoms with Crippen molar-refractivity contribution in [3.8, 4) is 11.1 Å². The Morgan fingerprint density at radius 1 is 1.31 bits per heavy atom. The third-order valence-corrected chi connectivity index (χ3v) is 5.64. The first-order chi connectivity index (χ1) is 13.8. The van der Waals surface area contributed by atoms with Crippen molar-refractivity contribution >= 4 is 28.8 Å². The Bertz CT molecular complexity index is 998. The lowest BCUT2D eigenvalue weighted by molar-refractivity contribution is -0.140. The smallest absolute Gasteiger partial charge is 0.334 e. The van der Waals surface area contributed by atoms with E-state index in [1.807, 2.05) is 11.2 Å². The predicted molar refractivity (Wildman–Crippen MR) is 108 cm³/mol. The second-order valence-corrected chi connectivity index (χ2v) is 8.00. The van der Waals surface area contributed by atoms with Gasteiger partial charge in [-0.25, -0.2) is 0 Å². The van der Waals surface area contributed by atoms with E-state index in [4.69, 9.17) is 11.6 Å². The summed E-state index contributed by atoms with van der Waals surface area (Å²) in [6.07, 6.45) is -0.960. The van der Waals surface area contributed by atoms with Gasteiger partial charge in [-0.3, -0.25) is 9.89 Å². The van der Waals surface area contributed by atoms with Crippen LogP contribution < -0.4 is 0 Å². The van der Waals surface area contributed by atoms with Crippen LogP contribution >= 0.6 is 22.9 Å². The largest absolute Gasteiger partial charge is 0.433 e. The highest BCUT2D eigenvalue weighted by Gasteiger charge is 2.35. The standard InChI is InChI=1S/C10H10ClNOS.C10H7F3N2/c1-2-10(13)12-4-3-7-5-9(11)14-8(7)6-12;11-10(12,13)9-8(6-14-15-9)7-4-2-1-3-5-7/h2,5H,1,3-4,6H2;1-6H,(H,14,15). The van der Waals surface area contributed by atoms with Crippen LogP contribution in [-0.2, 0) is 23.9 Å². The number of nitrogens with one attached hydrogen (secondary N) is 1. The number of carbonyl (C=O) groups excluding carboxylic acids is 1. The molecule has 0 unspecified atom stereocenters. The maximum absolute atomic E-state index is 12.5. The van der Waals surface area contributed by atoms with Crippen molar-refractivity contribution < 1.29 is 18.0 Å². The third-order valence-electron chi connectivity index (χ3n) is 4.35. The molecule has 0 bridgehead atoms. The number of fused-ring (bicyclic) bond motifs is 1. The Kier molecular flexibility index (Phi) is 6.44. The number of carbonyl (C=O) groups is 1. The lowest BCUT2D eigenvalue weighted by Crippen LogP contribution is -2.33. The molecule has 0 saturated carbocycles. The maximum atomic E-state index is 12.5. The first-order valence-electron chi connectivity index (χ1n) is 8.64. The number of aromatic nitrogens is 2. The van der Waals surface area contributed by atoms with E-state index in [1.165, 1.54) is 22.7 Å². The van der Waals surface area contributed by atoms with Crippen LogP contribution in [0.15, 0.2) is 55.3 Å². The lowest BCUT2D eigenvalue weighted by atomic mass is 10.1. The van der Waals surface area contributed by atoms with Crippen molar-refractivity contribution in [2.45, 2.75) is 19.1 Å². The molecule has 152 valence electrons. The molecule has 0 aliphatic carbocycles. The minimum atomic E-state index is -4.40. The number of nitrogens with zero attached hydrogens (tertiary/aromatic N) is 2. The minimum Gasteiger partial charge on any atom is -0.334 e. The van der Waals surface area contributed by atoms with Crippen molar-refractivity contribution in [1.82, 2.24) is 15.1 Å². The zero-order valence-corrected chi connectivity index (χ0v) is 16.7. The van der Waals surface area contributed by atoms with Gasteiger partial charge < -0.3 is 4.90 Å². The number of rotatable bonds is 2. The first kappa shape index (κ1) is 21.1. The lowest BCUT2D eigenvalue weighted by Gasteiger charge is -2.25. The van der Waals surface area contributed by atoms with Gasteiger partial charge in [0.2, 0.25) is 5.91 Å². The number of H-pyrrole nitrogens is 1. The third kappa shape index (κ3) is 5.07. The second kappa shape index (κ2) is 8.84. The number of benzene rings is 1. The Balaban J connectivity index is 0.000000166. The number of amides is 1. The summed E-state index contributed by atoms with van der Waals surface area (Å²) in [5.41, 5.74) is 1.04. The van der Waals surface area contributed by atoms with Gasteiger partial charge in [-0.1, -0.05) is 48.5 Å². The average Bonchev–Trinajstić information content (AvgIpc) is 3.33. The molecule has 0 radical (unpaired) electrons. The van der Waals surface area contributed by atoms with Gasteiger partial charge >= 0.3 is 6.18 Å². The van der Waals surface area contributed by atoms with Crippen LogP contribution in [0.2, 0.25) is 4.34 Å². The van der Waals surface area contributed by atoms with Crippen LogP contribution in [0.1, 0.15) is 16.1 Å². The fourth-order valence-corrected chi connectivity index (χ4v) is 4.30. The molecule has 4 rings (SSSR count). The molecule has 9 heteroatoms. The van der Waals surface area contributed by atoms with E-state index in [0.29, 0.717) is 12.1 Å². The highest BCUT2D eigenvalue weighted by Crippen LogP contribution is 2.35. The number of hydrogen-bond donors (Lipinski definition) is 1. The zero-order chi connectivity index (χ0) is 21.0. The molecule has 1 aliphatic heterocycles. The zero-order valence-electron chi connectivity index (χ0n) is 15.2. The molecule has 1 aromatic carbocycles. The Labute approximate surface area is 174 Å². The van der Waals surface area contributed by atoms with Crippen molar-refractivity contribution in [2.24, 2.45) is 0 Å². The van der Waals surface area contributed by atoms with Crippen LogP contribution in [0.4, 0.5) is 13.2 Å². The van der Waals surface area contributed by atoms with Gasteiger partial charge in [-0.15, -0.1) is 11.3 Å². The van der Waals surface area contributed by atoms with E-state index in [0.717, 1.165) is 17.3 Å². The highest BCUT2D eigenvalue weighted by molar-refractivity contribution is 7.16. The molecule has 2 aromatic heterocycles. The van der Waals surface area contributed by atoms with Gasteiger partial charge in [0.05, 0.1) is 17.1 Å². The summed E-state index contributed by atoms with van der Waals surface area (Å²) in [6, 6.07) is 10.3. The van der Waals surface area contributed by atoms with Gasteiger partial charge in [0.1, 0.15) is 5.69 Å². The van der Waals surface area contributed by atoms with Gasteiger partial charge in [0.15, 0.2) is 0 Å². The van der Waals surface area contributed by atoms with E-state index in [2.05, 4.69) is 11.7 Å². The summed E-state index contributed by atoms with van der Waals surface area (Å²) in [7, 11) is 0. The minimum absolute atomic E-state index is 0.000160. The first-order valence-corrected chi connectivity index (χ1v) is 9.83. The van der Waals surface area contributed by atoms with E-state index in [9.17, 15) is 18.0 Å². The Morgan fingerprint density at radius 2 is 2.03 bits per heavy atom. The topological polar surface area (TPSA) is 49.0 Å². The van der Waals surface area contributed by atoms with E-state index < -0.39 is 11.9 Å². The van der Waals surface area contributed by atoms with E-state index in [-0.39, 0.29) is 11.5 Å². The molecular formula is C20H17ClF3N3OS. The van der Waals surface area contributed by atoms with Crippen LogP contribution in [0.3, 0.4) is 0 Å². The van der Waals surface area contributed by atoms with Crippen LogP contribution in [-0.4, -0.2) is 27.5 Å². The van der Waals surface area contributed by atoms with Crippen molar-refractivity contribution in [1.29, 1.82) is 0 Å². The van der Waals surface area contributed by atoms with Gasteiger partial charge in [-0.05, 0) is 29.7 Å². The molecular weight excluding hydrogens is 423 g/mol. The Morgan fingerprint density at radius 3 is 2.69 bits per heavy atom. The van der Waals surface area contributed by atoms with Crippen LogP contribution in [0.25, 0.3) is 11.1 Å². The van der Waals surface area contributed by atoms with Gasteiger partial charge in [0, 0.05) is 17.0 Å². The van der Waals surface area contributed by atoms with Crippen LogP contribution in [0, 0.1) is 0 Å². The quantitative estimate of drug-likeness (QED) is 0.531. The van der Waals surface area contributed by atoms with Crippen molar-refractivity contribution in [2.75, 3.05) is 6.54 Å². The average molecular weight is 440 g/mol. The van der Waals surface area contributed by atoms with Crippen molar-refractivity contribution in [3.05, 3.63) is 75.7 Å². The maximum Gasteiger partial charge on any atom is 0.433 e. The molecule has 4 nitrogen and oxygen atoms in total. The molecule has 1 aliphatic rings. The summed E-state index contributed by atoms with van der Waals surface area (Å²) in [5, 5.41) is 5.39. The molecule has 3 aromatic rings. The molecule has 0 fully saturated rings. The van der Waals surface area contributed by atoms with Gasteiger partial charge in [0.25, 0.3) is 0 Å². The molecule has 29 heavy (non-hydrogen) atoms. The highest BCUT2D eigenvalue weighted by atomic mass is 35.5. The number of halogens is 4. The molecule has 0 spiro atoms. The number of aromatic amines is 1. The van der Waals surface area contributed by atoms with Gasteiger partial charge in [-0.2, -0.15) is 18.3 Å².